The normalized spacial score (nSPS) is 12.0. The fraction of sp³-hybridized carbons (Fsp3) is 0.212. The number of carbonyl (C=O) groups is 2. The van der Waals surface area contributed by atoms with Gasteiger partial charge in [-0.25, -0.2) is 4.39 Å². The molecule has 0 fully saturated rings. The highest BCUT2D eigenvalue weighted by atomic mass is 19.1. The third-order valence-electron chi connectivity index (χ3n) is 7.15. The second-order valence-electron chi connectivity index (χ2n) is 10.7. The Bertz CT molecular complexity index is 1880. The van der Waals surface area contributed by atoms with E-state index in [0.717, 1.165) is 22.2 Å². The number of aromatic nitrogens is 3. The van der Waals surface area contributed by atoms with E-state index in [1.165, 1.54) is 12.1 Å². The molecule has 0 radical (unpaired) electrons. The van der Waals surface area contributed by atoms with Gasteiger partial charge in [0.25, 0.3) is 11.5 Å². The first-order valence-electron chi connectivity index (χ1n) is 14.0. The largest absolute Gasteiger partial charge is 0.350 e. The average Bonchev–Trinajstić information content (AvgIpc) is 3.41. The molecule has 0 bridgehead atoms. The highest BCUT2D eigenvalue weighted by molar-refractivity contribution is 5.96. The van der Waals surface area contributed by atoms with Gasteiger partial charge < -0.3 is 25.1 Å². The molecule has 5 rings (SSSR count). The minimum atomic E-state index is -0.505. The van der Waals surface area contributed by atoms with E-state index in [9.17, 15) is 18.8 Å². The molecule has 1 atom stereocenters. The van der Waals surface area contributed by atoms with Crippen molar-refractivity contribution in [2.45, 2.75) is 39.4 Å². The van der Waals surface area contributed by atoms with E-state index in [1.807, 2.05) is 42.8 Å². The van der Waals surface area contributed by atoms with E-state index in [2.05, 4.69) is 20.9 Å². The number of halogens is 1. The number of hydrogen-bond acceptors (Lipinski definition) is 5. The topological polar surface area (TPSA) is 110 Å². The summed E-state index contributed by atoms with van der Waals surface area (Å²) in [6.07, 6.45) is 5.21. The summed E-state index contributed by atoms with van der Waals surface area (Å²) in [5.41, 5.74) is 3.71. The van der Waals surface area contributed by atoms with Gasteiger partial charge in [0, 0.05) is 29.4 Å². The van der Waals surface area contributed by atoms with Crippen LogP contribution in [0.15, 0.2) is 90.1 Å². The molecule has 43 heavy (non-hydrogen) atoms. The van der Waals surface area contributed by atoms with Crippen LogP contribution in [-0.2, 0) is 11.3 Å². The molecule has 2 aromatic carbocycles. The zero-order valence-electron chi connectivity index (χ0n) is 24.4. The number of likely N-dealkylation sites (N-methyl/N-ethyl adjacent to an activating group) is 1. The van der Waals surface area contributed by atoms with Crippen LogP contribution in [0.1, 0.15) is 36.7 Å². The quantitative estimate of drug-likeness (QED) is 0.234. The molecule has 220 valence electrons. The minimum absolute atomic E-state index is 0.0338. The predicted octanol–water partition coefficient (Wildman–Crippen LogP) is 4.73. The maximum Gasteiger partial charge on any atom is 0.275 e. The lowest BCUT2D eigenvalue weighted by atomic mass is 10.1. The van der Waals surface area contributed by atoms with Gasteiger partial charge in [0.05, 0.1) is 35.7 Å². The van der Waals surface area contributed by atoms with Crippen molar-refractivity contribution in [2.75, 3.05) is 12.4 Å². The van der Waals surface area contributed by atoms with Crippen LogP contribution in [0.5, 0.6) is 0 Å². The Morgan fingerprint density at radius 3 is 2.56 bits per heavy atom. The van der Waals surface area contributed by atoms with Gasteiger partial charge in [-0.3, -0.25) is 19.4 Å². The molecule has 0 spiro atoms. The second-order valence-corrected chi connectivity index (χ2v) is 10.7. The van der Waals surface area contributed by atoms with Crippen molar-refractivity contribution in [3.63, 3.8) is 0 Å². The van der Waals surface area contributed by atoms with Gasteiger partial charge in [0.15, 0.2) is 0 Å². The summed E-state index contributed by atoms with van der Waals surface area (Å²) in [5, 5.41) is 9.25. The summed E-state index contributed by atoms with van der Waals surface area (Å²) >= 11 is 0. The number of rotatable bonds is 9. The van der Waals surface area contributed by atoms with Crippen molar-refractivity contribution in [1.82, 2.24) is 24.8 Å². The highest BCUT2D eigenvalue weighted by Crippen LogP contribution is 2.24. The monoisotopic (exact) mass is 580 g/mol. The first-order valence-corrected chi connectivity index (χ1v) is 14.0. The van der Waals surface area contributed by atoms with Crippen LogP contribution in [0.2, 0.25) is 0 Å². The van der Waals surface area contributed by atoms with Gasteiger partial charge in [0.2, 0.25) is 5.91 Å². The smallest absolute Gasteiger partial charge is 0.275 e. The third kappa shape index (κ3) is 6.39. The summed E-state index contributed by atoms with van der Waals surface area (Å²) in [4.78, 5) is 43.7. The molecule has 3 heterocycles. The molecular formula is C33H33FN6O3. The van der Waals surface area contributed by atoms with Crippen LogP contribution in [0.3, 0.4) is 0 Å². The van der Waals surface area contributed by atoms with Crippen LogP contribution >= 0.6 is 0 Å². The van der Waals surface area contributed by atoms with Crippen molar-refractivity contribution in [3.05, 3.63) is 113 Å². The lowest BCUT2D eigenvalue weighted by Gasteiger charge is -2.18. The zero-order chi connectivity index (χ0) is 30.7. The second kappa shape index (κ2) is 12.4. The van der Waals surface area contributed by atoms with Gasteiger partial charge in [-0.05, 0) is 93.5 Å². The molecule has 10 heteroatoms. The summed E-state index contributed by atoms with van der Waals surface area (Å²) in [7, 11) is 1.67. The number of nitrogens with zero attached hydrogens (tertiary/aromatic N) is 3. The number of fused-ring (bicyclic) bond motifs is 1. The molecule has 3 N–H and O–H groups in total. The number of hydrogen-bond donors (Lipinski definition) is 3. The predicted molar refractivity (Wildman–Crippen MR) is 166 cm³/mol. The lowest BCUT2D eigenvalue weighted by Crippen LogP contribution is -2.37. The number of amides is 2. The first-order chi connectivity index (χ1) is 20.6. The van der Waals surface area contributed by atoms with Crippen LogP contribution in [0.4, 0.5) is 10.1 Å². The number of pyridine rings is 2. The third-order valence-corrected chi connectivity index (χ3v) is 7.15. The van der Waals surface area contributed by atoms with Crippen LogP contribution in [0, 0.1) is 5.82 Å². The fourth-order valence-electron chi connectivity index (χ4n) is 4.83. The minimum Gasteiger partial charge on any atom is -0.350 e. The number of benzene rings is 2. The Morgan fingerprint density at radius 2 is 1.79 bits per heavy atom. The molecule has 0 saturated carbocycles. The summed E-state index contributed by atoms with van der Waals surface area (Å²) in [6, 6.07) is 18.2. The molecule has 2 amide bonds. The number of anilines is 1. The summed E-state index contributed by atoms with van der Waals surface area (Å²) in [5.74, 6) is -0.872. The molecule has 5 aromatic rings. The van der Waals surface area contributed by atoms with E-state index in [4.69, 9.17) is 0 Å². The van der Waals surface area contributed by atoms with Crippen molar-refractivity contribution >= 4 is 28.4 Å². The van der Waals surface area contributed by atoms with Gasteiger partial charge in [-0.15, -0.1) is 0 Å². The van der Waals surface area contributed by atoms with Crippen molar-refractivity contribution in [3.8, 4) is 16.9 Å². The molecule has 3 aromatic heterocycles. The van der Waals surface area contributed by atoms with Gasteiger partial charge in [-0.2, -0.15) is 0 Å². The lowest BCUT2D eigenvalue weighted by molar-refractivity contribution is -0.117. The van der Waals surface area contributed by atoms with Crippen molar-refractivity contribution < 1.29 is 14.0 Å². The van der Waals surface area contributed by atoms with E-state index in [0.29, 0.717) is 16.8 Å². The molecule has 0 saturated heterocycles. The van der Waals surface area contributed by atoms with Crippen LogP contribution < -0.4 is 21.5 Å². The van der Waals surface area contributed by atoms with Gasteiger partial charge >= 0.3 is 0 Å². The van der Waals surface area contributed by atoms with Crippen molar-refractivity contribution in [1.29, 1.82) is 0 Å². The van der Waals surface area contributed by atoms with E-state index >= 15 is 0 Å². The maximum atomic E-state index is 13.9. The molecule has 0 unspecified atom stereocenters. The molecule has 9 nitrogen and oxygen atoms in total. The zero-order valence-corrected chi connectivity index (χ0v) is 24.4. The highest BCUT2D eigenvalue weighted by Gasteiger charge is 2.18. The Kier molecular flexibility index (Phi) is 8.49. The Balaban J connectivity index is 1.58. The maximum absolute atomic E-state index is 13.9. The molecular weight excluding hydrogens is 547 g/mol. The van der Waals surface area contributed by atoms with Crippen LogP contribution in [0.25, 0.3) is 27.8 Å². The van der Waals surface area contributed by atoms with Gasteiger partial charge in [-0.1, -0.05) is 12.1 Å². The summed E-state index contributed by atoms with van der Waals surface area (Å²) in [6.45, 7) is 5.61. The van der Waals surface area contributed by atoms with E-state index in [1.54, 1.807) is 67.3 Å². The summed E-state index contributed by atoms with van der Waals surface area (Å²) < 4.78 is 17.2. The van der Waals surface area contributed by atoms with Crippen LogP contribution in [-0.4, -0.2) is 45.1 Å². The Morgan fingerprint density at radius 1 is 0.977 bits per heavy atom. The van der Waals surface area contributed by atoms with E-state index < -0.39 is 11.6 Å². The SMILES string of the molecule is CN[C@H](C)C(=O)Nc1ccc(-c2cccc(C(=O)NC(C)C)c2)n(Cc2cncc(-n3ccc4cc(F)ccc43)c2)c1=O. The number of nitrogens with one attached hydrogen (secondary N) is 3. The molecule has 0 aliphatic heterocycles. The van der Waals surface area contributed by atoms with Crippen molar-refractivity contribution in [2.24, 2.45) is 0 Å². The molecule has 0 aliphatic carbocycles. The average molecular weight is 581 g/mol. The number of carbonyl (C=O) groups excluding carboxylic acids is 2. The Labute approximate surface area is 248 Å². The van der Waals surface area contributed by atoms with Gasteiger partial charge in [0.1, 0.15) is 11.5 Å². The molecule has 0 aliphatic rings. The Hall–Kier alpha value is -5.09. The standard InChI is InChI=1S/C33H33FN6O3/c1-20(2)37-32(42)25-7-5-6-23(15-25)30-11-9-28(38-31(41)21(3)35-4)33(43)40(30)19-22-14-27(18-36-17-22)39-13-12-24-16-26(34)8-10-29(24)39/h5-18,20-21,35H,19H2,1-4H3,(H,37,42)(H,38,41)/t21-/m1/s1. The van der Waals surface area contributed by atoms with E-state index in [-0.39, 0.29) is 35.9 Å². The first kappa shape index (κ1) is 29.4. The fourth-order valence-corrected chi connectivity index (χ4v) is 4.83.